The highest BCUT2D eigenvalue weighted by atomic mass is 127. The summed E-state index contributed by atoms with van der Waals surface area (Å²) in [5, 5.41) is 10.7. The van der Waals surface area contributed by atoms with Gasteiger partial charge in [-0.05, 0) is 93.8 Å². The molecule has 0 bridgehead atoms. The summed E-state index contributed by atoms with van der Waals surface area (Å²) in [7, 11) is 0. The summed E-state index contributed by atoms with van der Waals surface area (Å²) >= 11 is 2.09. The monoisotopic (exact) mass is 516 g/mol. The van der Waals surface area contributed by atoms with Gasteiger partial charge in [0.2, 0.25) is 0 Å². The van der Waals surface area contributed by atoms with Crippen molar-refractivity contribution in [1.82, 2.24) is 0 Å². The zero-order chi connectivity index (χ0) is 21.2. The van der Waals surface area contributed by atoms with Crippen molar-refractivity contribution in [3.63, 3.8) is 0 Å². The van der Waals surface area contributed by atoms with Crippen LogP contribution in [0.5, 0.6) is 0 Å². The molecule has 0 aromatic heterocycles. The summed E-state index contributed by atoms with van der Waals surface area (Å²) in [6.45, 7) is 8.45. The highest BCUT2D eigenvalue weighted by Gasteiger charge is 2.65. The third-order valence-electron chi connectivity index (χ3n) is 9.74. The van der Waals surface area contributed by atoms with Gasteiger partial charge in [-0.2, -0.15) is 0 Å². The summed E-state index contributed by atoms with van der Waals surface area (Å²) in [6, 6.07) is 0. The second-order valence-corrected chi connectivity index (χ2v) is 12.2. The largest absolute Gasteiger partial charge is 0.461 e. The van der Waals surface area contributed by atoms with Gasteiger partial charge in [-0.3, -0.25) is 9.59 Å². The van der Waals surface area contributed by atoms with Crippen LogP contribution in [0.4, 0.5) is 0 Å². The number of ether oxygens (including phenoxy) is 1. The van der Waals surface area contributed by atoms with Gasteiger partial charge in [-0.15, -0.1) is 0 Å². The Morgan fingerprint density at radius 1 is 1.03 bits per heavy atom. The molecule has 0 aliphatic heterocycles. The van der Waals surface area contributed by atoms with Gasteiger partial charge in [0.15, 0.2) is 0 Å². The van der Waals surface area contributed by atoms with Gasteiger partial charge in [0, 0.05) is 11.8 Å². The van der Waals surface area contributed by atoms with Gasteiger partial charge >= 0.3 is 5.97 Å². The van der Waals surface area contributed by atoms with E-state index in [1.165, 1.54) is 0 Å². The van der Waals surface area contributed by atoms with E-state index in [9.17, 15) is 14.7 Å². The third-order valence-corrected chi connectivity index (χ3v) is 10.4. The van der Waals surface area contributed by atoms with Crippen LogP contribution in [-0.2, 0) is 14.3 Å². The van der Waals surface area contributed by atoms with E-state index in [1.54, 1.807) is 6.92 Å². The minimum absolute atomic E-state index is 0.0490. The van der Waals surface area contributed by atoms with Gasteiger partial charge in [-0.1, -0.05) is 36.4 Å². The van der Waals surface area contributed by atoms with Crippen LogP contribution >= 0.6 is 22.6 Å². The Balaban J connectivity index is 1.72. The predicted octanol–water partition coefficient (Wildman–Crippen LogP) is 4.94. The first-order chi connectivity index (χ1) is 13.5. The Morgan fingerprint density at radius 3 is 2.41 bits per heavy atom. The molecule has 0 amide bonds. The van der Waals surface area contributed by atoms with E-state index in [2.05, 4.69) is 36.4 Å². The Hall–Kier alpha value is -0.170. The number of carbonyl (C=O) groups excluding carboxylic acids is 2. The molecule has 4 aliphatic carbocycles. The van der Waals surface area contributed by atoms with E-state index in [0.717, 1.165) is 51.4 Å². The molecular weight excluding hydrogens is 479 g/mol. The van der Waals surface area contributed by atoms with E-state index in [1.807, 2.05) is 6.92 Å². The first-order valence-corrected chi connectivity index (χ1v) is 13.0. The Bertz CT molecular complexity index is 690. The summed E-state index contributed by atoms with van der Waals surface area (Å²) in [5.41, 5.74) is -0.509. The molecule has 4 saturated carbocycles. The molecule has 0 heterocycles. The van der Waals surface area contributed by atoms with E-state index in [4.69, 9.17) is 4.74 Å². The second kappa shape index (κ2) is 7.46. The highest BCUT2D eigenvalue weighted by Crippen LogP contribution is 2.68. The molecule has 5 heteroatoms. The summed E-state index contributed by atoms with van der Waals surface area (Å²) in [6.07, 6.45) is 7.83. The summed E-state index contributed by atoms with van der Waals surface area (Å²) in [4.78, 5) is 24.9. The maximum atomic E-state index is 12.5. The van der Waals surface area contributed by atoms with Crippen molar-refractivity contribution < 1.29 is 19.4 Å². The van der Waals surface area contributed by atoms with Gasteiger partial charge in [0.25, 0.3) is 0 Å². The number of rotatable bonds is 3. The molecule has 0 spiro atoms. The molecule has 1 N–H and O–H groups in total. The minimum Gasteiger partial charge on any atom is -0.461 e. The molecule has 0 saturated heterocycles. The molecule has 164 valence electrons. The molecule has 4 fully saturated rings. The van der Waals surface area contributed by atoms with Crippen molar-refractivity contribution >= 4 is 34.3 Å². The molecular formula is C24H37IO4. The summed E-state index contributed by atoms with van der Waals surface area (Å²) in [5.74, 6) is 2.21. The van der Waals surface area contributed by atoms with Gasteiger partial charge in [0.1, 0.15) is 11.9 Å². The highest BCUT2D eigenvalue weighted by molar-refractivity contribution is 14.1. The molecule has 29 heavy (non-hydrogen) atoms. The standard InChI is InChI=1S/C24H37IO4/c1-14(26)17-7-8-18-16-6-5-15-11-22(2,28)9-10-23(15,3)21(16)19(12-24(17,18)4)29-20(27)13-25/h15-19,21,28H,5-13H2,1-4H3/t15-,16-,17+,18-,19-,21+,22+,23-,24+/m0/s1. The normalized spacial score (nSPS) is 51.5. The van der Waals surface area contributed by atoms with Crippen molar-refractivity contribution in [2.75, 3.05) is 4.43 Å². The molecule has 4 aliphatic rings. The number of alkyl halides is 1. The Morgan fingerprint density at radius 2 is 1.76 bits per heavy atom. The molecule has 0 aromatic rings. The topological polar surface area (TPSA) is 63.6 Å². The van der Waals surface area contributed by atoms with Crippen molar-refractivity contribution in [2.45, 2.75) is 90.8 Å². The average Bonchev–Trinajstić information content (AvgIpc) is 2.98. The Kier molecular flexibility index (Phi) is 5.67. The molecule has 4 nitrogen and oxygen atoms in total. The van der Waals surface area contributed by atoms with Crippen molar-refractivity contribution in [1.29, 1.82) is 0 Å². The van der Waals surface area contributed by atoms with Crippen LogP contribution in [0.15, 0.2) is 0 Å². The number of esters is 1. The van der Waals surface area contributed by atoms with Gasteiger partial charge < -0.3 is 9.84 Å². The second-order valence-electron chi connectivity index (χ2n) is 11.4. The summed E-state index contributed by atoms with van der Waals surface area (Å²) < 4.78 is 6.53. The molecule has 0 aromatic carbocycles. The predicted molar refractivity (Wildman–Crippen MR) is 121 cm³/mol. The number of hydrogen-bond donors (Lipinski definition) is 1. The first-order valence-electron chi connectivity index (χ1n) is 11.5. The van der Waals surface area contributed by atoms with E-state index in [0.29, 0.717) is 33.9 Å². The maximum Gasteiger partial charge on any atom is 0.316 e. The van der Waals surface area contributed by atoms with Crippen LogP contribution < -0.4 is 0 Å². The lowest BCUT2D eigenvalue weighted by Crippen LogP contribution is -2.61. The molecule has 4 rings (SSSR count). The van der Waals surface area contributed by atoms with E-state index in [-0.39, 0.29) is 28.8 Å². The lowest BCUT2D eigenvalue weighted by molar-refractivity contribution is -0.203. The van der Waals surface area contributed by atoms with Crippen LogP contribution in [0.3, 0.4) is 0 Å². The number of ketones is 1. The van der Waals surface area contributed by atoms with Crippen molar-refractivity contribution in [3.8, 4) is 0 Å². The fourth-order valence-electron chi connectivity index (χ4n) is 8.50. The van der Waals surface area contributed by atoms with Crippen molar-refractivity contribution in [3.05, 3.63) is 0 Å². The number of Topliss-reactive ketones (excluding diaryl/α,β-unsaturated/α-hetero) is 1. The number of aliphatic hydroxyl groups is 1. The Labute approximate surface area is 189 Å². The van der Waals surface area contributed by atoms with E-state index >= 15 is 0 Å². The molecule has 9 atom stereocenters. The smallest absolute Gasteiger partial charge is 0.316 e. The SMILES string of the molecule is CC(=O)[C@H]1CC[C@H]2[C@@H]3CC[C@H]4C[C@](C)(O)CC[C@]4(C)[C@H]3[C@@H](OC(=O)CI)C[C@]12C. The van der Waals surface area contributed by atoms with Gasteiger partial charge in [0.05, 0.1) is 10.0 Å². The fourth-order valence-corrected chi connectivity index (χ4v) is 8.68. The maximum absolute atomic E-state index is 12.5. The lowest BCUT2D eigenvalue weighted by Gasteiger charge is -2.63. The van der Waals surface area contributed by atoms with Gasteiger partial charge in [-0.25, -0.2) is 0 Å². The van der Waals surface area contributed by atoms with Crippen LogP contribution in [0.25, 0.3) is 0 Å². The van der Waals surface area contributed by atoms with E-state index < -0.39 is 5.60 Å². The zero-order valence-electron chi connectivity index (χ0n) is 18.4. The number of halogens is 1. The van der Waals surface area contributed by atoms with Crippen LogP contribution in [0.2, 0.25) is 0 Å². The quantitative estimate of drug-likeness (QED) is 0.328. The number of fused-ring (bicyclic) bond motifs is 5. The number of hydrogen-bond acceptors (Lipinski definition) is 4. The zero-order valence-corrected chi connectivity index (χ0v) is 20.5. The van der Waals surface area contributed by atoms with Crippen LogP contribution in [-0.4, -0.2) is 33.0 Å². The van der Waals surface area contributed by atoms with Crippen LogP contribution in [0, 0.1) is 40.4 Å². The average molecular weight is 516 g/mol. The lowest BCUT2D eigenvalue weighted by atomic mass is 9.43. The number of carbonyl (C=O) groups is 2. The van der Waals surface area contributed by atoms with Crippen molar-refractivity contribution in [2.24, 2.45) is 40.4 Å². The molecule has 0 radical (unpaired) electrons. The van der Waals surface area contributed by atoms with Crippen LogP contribution in [0.1, 0.15) is 79.1 Å². The minimum atomic E-state index is -0.568. The fraction of sp³-hybridized carbons (Fsp3) is 0.917. The first kappa shape index (κ1) is 22.0. The third kappa shape index (κ3) is 3.50. The molecule has 0 unspecified atom stereocenters.